The summed E-state index contributed by atoms with van der Waals surface area (Å²) >= 11 is 0. The summed E-state index contributed by atoms with van der Waals surface area (Å²) < 4.78 is 5.75. The van der Waals surface area contributed by atoms with E-state index in [4.69, 9.17) is 4.74 Å². The molecule has 1 atom stereocenters. The molecule has 1 fully saturated rings. The highest BCUT2D eigenvalue weighted by atomic mass is 16.5. The first kappa shape index (κ1) is 19.4. The van der Waals surface area contributed by atoms with E-state index in [2.05, 4.69) is 28.9 Å². The lowest BCUT2D eigenvalue weighted by atomic mass is 10.1. The third-order valence-corrected chi connectivity index (χ3v) is 5.08. The van der Waals surface area contributed by atoms with Gasteiger partial charge in [0.25, 0.3) is 0 Å². The lowest BCUT2D eigenvalue weighted by Crippen LogP contribution is -2.50. The standard InChI is InChI=1S/C22H28N2O3/c1-3-27-21-10-5-4-8-20(21)16-23-11-12-24(17(2)14-23)15-18-7-6-9-19(13-18)22(25)26/h4-10,13,17H,3,11-12,14-16H2,1-2H3,(H,25,26). The number of rotatable bonds is 7. The Kier molecular flexibility index (Phi) is 6.48. The van der Waals surface area contributed by atoms with E-state index in [1.54, 1.807) is 12.1 Å². The lowest BCUT2D eigenvalue weighted by molar-refractivity contribution is 0.0693. The van der Waals surface area contributed by atoms with Crippen LogP contribution in [0, 0.1) is 0 Å². The highest BCUT2D eigenvalue weighted by Gasteiger charge is 2.24. The van der Waals surface area contributed by atoms with Crippen molar-refractivity contribution in [1.29, 1.82) is 0 Å². The van der Waals surface area contributed by atoms with Crippen LogP contribution in [0.5, 0.6) is 5.75 Å². The van der Waals surface area contributed by atoms with E-state index >= 15 is 0 Å². The van der Waals surface area contributed by atoms with Crippen LogP contribution in [0.4, 0.5) is 0 Å². The number of benzene rings is 2. The molecule has 0 aromatic heterocycles. The summed E-state index contributed by atoms with van der Waals surface area (Å²) in [5.41, 5.74) is 2.64. The largest absolute Gasteiger partial charge is 0.494 e. The van der Waals surface area contributed by atoms with Gasteiger partial charge in [0.2, 0.25) is 0 Å². The van der Waals surface area contributed by atoms with Gasteiger partial charge in [-0.1, -0.05) is 30.3 Å². The van der Waals surface area contributed by atoms with Gasteiger partial charge in [0, 0.05) is 44.3 Å². The summed E-state index contributed by atoms with van der Waals surface area (Å²) in [6.45, 7) is 9.54. The third-order valence-electron chi connectivity index (χ3n) is 5.08. The Balaban J connectivity index is 1.59. The van der Waals surface area contributed by atoms with Crippen molar-refractivity contribution < 1.29 is 14.6 Å². The van der Waals surface area contributed by atoms with Crippen LogP contribution < -0.4 is 4.74 Å². The molecule has 1 aliphatic rings. The summed E-state index contributed by atoms with van der Waals surface area (Å²) in [5.74, 6) is 0.100. The van der Waals surface area contributed by atoms with Crippen molar-refractivity contribution in [2.24, 2.45) is 0 Å². The molecule has 5 nitrogen and oxygen atoms in total. The van der Waals surface area contributed by atoms with Gasteiger partial charge in [-0.05, 0) is 37.6 Å². The fourth-order valence-electron chi connectivity index (χ4n) is 3.66. The fourth-order valence-corrected chi connectivity index (χ4v) is 3.66. The Bertz CT molecular complexity index is 778. The van der Waals surface area contributed by atoms with Crippen LogP contribution in [0.15, 0.2) is 48.5 Å². The average molecular weight is 368 g/mol. The van der Waals surface area contributed by atoms with Crippen LogP contribution in [-0.2, 0) is 13.1 Å². The number of carboxylic acid groups (broad SMARTS) is 1. The Morgan fingerprint density at radius 1 is 1.15 bits per heavy atom. The van der Waals surface area contributed by atoms with Gasteiger partial charge in [-0.25, -0.2) is 4.79 Å². The highest BCUT2D eigenvalue weighted by molar-refractivity contribution is 5.87. The number of ether oxygens (including phenoxy) is 1. The minimum atomic E-state index is -0.873. The molecule has 2 aromatic rings. The Hall–Kier alpha value is -2.37. The first-order chi connectivity index (χ1) is 13.1. The van der Waals surface area contributed by atoms with E-state index in [1.807, 2.05) is 31.2 Å². The molecule has 27 heavy (non-hydrogen) atoms. The summed E-state index contributed by atoms with van der Waals surface area (Å²) in [6.07, 6.45) is 0. The molecule has 144 valence electrons. The zero-order valence-corrected chi connectivity index (χ0v) is 16.1. The monoisotopic (exact) mass is 368 g/mol. The number of hydrogen-bond donors (Lipinski definition) is 1. The zero-order chi connectivity index (χ0) is 19.2. The number of hydrogen-bond acceptors (Lipinski definition) is 4. The highest BCUT2D eigenvalue weighted by Crippen LogP contribution is 2.22. The second kappa shape index (κ2) is 9.02. The van der Waals surface area contributed by atoms with Gasteiger partial charge in [0.05, 0.1) is 12.2 Å². The van der Waals surface area contributed by atoms with Gasteiger partial charge in [-0.3, -0.25) is 9.80 Å². The molecule has 0 saturated carbocycles. The lowest BCUT2D eigenvalue weighted by Gasteiger charge is -2.40. The van der Waals surface area contributed by atoms with Crippen molar-refractivity contribution in [3.63, 3.8) is 0 Å². The fraction of sp³-hybridized carbons (Fsp3) is 0.409. The van der Waals surface area contributed by atoms with Gasteiger partial charge in [-0.2, -0.15) is 0 Å². The van der Waals surface area contributed by atoms with Crippen LogP contribution >= 0.6 is 0 Å². The number of aromatic carboxylic acids is 1. The molecule has 0 bridgehead atoms. The smallest absolute Gasteiger partial charge is 0.335 e. The van der Waals surface area contributed by atoms with Gasteiger partial charge >= 0.3 is 5.97 Å². The Labute approximate surface area is 161 Å². The average Bonchev–Trinajstić information content (AvgIpc) is 2.66. The van der Waals surface area contributed by atoms with Crippen molar-refractivity contribution in [3.05, 3.63) is 65.2 Å². The van der Waals surface area contributed by atoms with Crippen LogP contribution in [0.25, 0.3) is 0 Å². The van der Waals surface area contributed by atoms with E-state index in [-0.39, 0.29) is 0 Å². The van der Waals surface area contributed by atoms with Crippen LogP contribution in [-0.4, -0.2) is 53.2 Å². The maximum Gasteiger partial charge on any atom is 0.335 e. The van der Waals surface area contributed by atoms with Gasteiger partial charge in [0.1, 0.15) is 5.75 Å². The predicted octanol–water partition coefficient (Wildman–Crippen LogP) is 3.49. The molecule has 3 rings (SSSR count). The summed E-state index contributed by atoms with van der Waals surface area (Å²) in [6, 6.07) is 15.9. The predicted molar refractivity (Wildman–Crippen MR) is 106 cm³/mol. The quantitative estimate of drug-likeness (QED) is 0.811. The Morgan fingerprint density at radius 2 is 1.96 bits per heavy atom. The molecule has 5 heteroatoms. The van der Waals surface area contributed by atoms with Crippen molar-refractivity contribution in [1.82, 2.24) is 9.80 Å². The number of carbonyl (C=O) groups is 1. The van der Waals surface area contributed by atoms with E-state index in [9.17, 15) is 9.90 Å². The van der Waals surface area contributed by atoms with Crippen LogP contribution in [0.2, 0.25) is 0 Å². The molecule has 1 heterocycles. The summed E-state index contributed by atoms with van der Waals surface area (Å²) in [5, 5.41) is 9.17. The van der Waals surface area contributed by atoms with E-state index in [0.717, 1.165) is 44.0 Å². The molecule has 0 amide bonds. The number of para-hydroxylation sites is 1. The minimum Gasteiger partial charge on any atom is -0.494 e. The van der Waals surface area contributed by atoms with E-state index in [1.165, 1.54) is 5.56 Å². The molecule has 1 saturated heterocycles. The first-order valence-corrected chi connectivity index (χ1v) is 9.56. The van der Waals surface area contributed by atoms with Crippen molar-refractivity contribution >= 4 is 5.97 Å². The van der Waals surface area contributed by atoms with Crippen LogP contribution in [0.3, 0.4) is 0 Å². The molecular weight excluding hydrogens is 340 g/mol. The molecule has 0 aliphatic carbocycles. The summed E-state index contributed by atoms with van der Waals surface area (Å²) in [7, 11) is 0. The summed E-state index contributed by atoms with van der Waals surface area (Å²) in [4.78, 5) is 16.1. The molecule has 0 radical (unpaired) electrons. The molecule has 1 N–H and O–H groups in total. The van der Waals surface area contributed by atoms with Gasteiger partial charge < -0.3 is 9.84 Å². The van der Waals surface area contributed by atoms with Crippen molar-refractivity contribution in [2.45, 2.75) is 33.0 Å². The third kappa shape index (κ3) is 5.08. The second-order valence-electron chi connectivity index (χ2n) is 7.10. The topological polar surface area (TPSA) is 53.0 Å². The van der Waals surface area contributed by atoms with Crippen LogP contribution in [0.1, 0.15) is 35.3 Å². The Morgan fingerprint density at radius 3 is 2.70 bits per heavy atom. The minimum absolute atomic E-state index is 0.353. The van der Waals surface area contributed by atoms with Crippen molar-refractivity contribution in [3.8, 4) is 5.75 Å². The number of piperazine rings is 1. The van der Waals surface area contributed by atoms with Crippen molar-refractivity contribution in [2.75, 3.05) is 26.2 Å². The molecule has 0 spiro atoms. The second-order valence-corrected chi connectivity index (χ2v) is 7.10. The normalized spacial score (nSPS) is 18.4. The first-order valence-electron chi connectivity index (χ1n) is 9.56. The molecule has 2 aromatic carbocycles. The maximum absolute atomic E-state index is 11.2. The van der Waals surface area contributed by atoms with Gasteiger partial charge in [0.15, 0.2) is 0 Å². The van der Waals surface area contributed by atoms with E-state index in [0.29, 0.717) is 18.2 Å². The SMILES string of the molecule is CCOc1ccccc1CN1CCN(Cc2cccc(C(=O)O)c2)C(C)C1. The zero-order valence-electron chi connectivity index (χ0n) is 16.1. The number of carboxylic acids is 1. The number of nitrogens with zero attached hydrogens (tertiary/aromatic N) is 2. The molecule has 1 unspecified atom stereocenters. The maximum atomic E-state index is 11.2. The van der Waals surface area contributed by atoms with E-state index < -0.39 is 5.97 Å². The molecule has 1 aliphatic heterocycles. The molecular formula is C22H28N2O3. The van der Waals surface area contributed by atoms with Gasteiger partial charge in [-0.15, -0.1) is 0 Å².